The molecule has 1 N–H and O–H groups in total. The fourth-order valence-electron chi connectivity index (χ4n) is 3.28. The molecule has 218 valence electrons. The number of nitrogens with zero attached hydrogens (tertiary/aromatic N) is 2. The van der Waals surface area contributed by atoms with E-state index in [1.807, 2.05) is 27.7 Å². The maximum atomic E-state index is 14.6. The van der Waals surface area contributed by atoms with Crippen LogP contribution >= 0.6 is 11.6 Å². The predicted molar refractivity (Wildman–Crippen MR) is 140 cm³/mol. The largest absolute Gasteiger partial charge is 0.420 e. The first-order valence-corrected chi connectivity index (χ1v) is 12.1. The molecule has 18 heteroatoms. The minimum Gasteiger partial charge on any atom is -0.407 e. The Balaban J connectivity index is 0.00000201. The molecule has 0 atom stereocenters. The van der Waals surface area contributed by atoms with Crippen molar-refractivity contribution in [1.82, 2.24) is 5.32 Å². The Labute approximate surface area is 239 Å². The van der Waals surface area contributed by atoms with E-state index < -0.39 is 81.2 Å². The standard InChI is InChI=1S/C19H9B3ClF8N3O3.2C2H6/c20-19(21,22)34(10-2-1-9(24)12(23)13(10)25)16(36)37-14-8(18(29,30)31)5-7(17(26,27)28)6-11(14)33-4-3-32-15(33)35;2*1-2/h1-2,5-6H,3-4H2,(H,32,35);2*1-2H3. The van der Waals surface area contributed by atoms with Gasteiger partial charge in [0.2, 0.25) is 0 Å². The number of alkyl halides is 6. The number of amides is 3. The van der Waals surface area contributed by atoms with Crippen molar-refractivity contribution in [1.29, 1.82) is 0 Å². The molecule has 0 saturated carbocycles. The van der Waals surface area contributed by atoms with Crippen molar-refractivity contribution < 1.29 is 49.4 Å². The van der Waals surface area contributed by atoms with Gasteiger partial charge in [0, 0.05) is 13.1 Å². The molecular weight excluding hydrogens is 586 g/mol. The number of anilines is 2. The van der Waals surface area contributed by atoms with Crippen LogP contribution in [0, 0.1) is 11.6 Å². The number of hydrogen-bond acceptors (Lipinski definition) is 3. The van der Waals surface area contributed by atoms with Crippen LogP contribution in [0.4, 0.5) is 56.1 Å². The Morgan fingerprint density at radius 2 is 1.56 bits per heavy atom. The summed E-state index contributed by atoms with van der Waals surface area (Å²) in [6.07, 6.45) is -12.9. The minimum absolute atomic E-state index is 0.142. The highest BCUT2D eigenvalue weighted by molar-refractivity contribution is 6.62. The first kappa shape index (κ1) is 35.9. The number of ether oxygens (including phenoxy) is 1. The lowest BCUT2D eigenvalue weighted by Gasteiger charge is -2.37. The van der Waals surface area contributed by atoms with Crippen molar-refractivity contribution in [3.05, 3.63) is 52.0 Å². The summed E-state index contributed by atoms with van der Waals surface area (Å²) < 4.78 is 115. The van der Waals surface area contributed by atoms with E-state index in [2.05, 4.69) is 5.32 Å². The zero-order valence-electron chi connectivity index (χ0n) is 22.0. The SMILES string of the molecule is CC.CC.[B]C([B])([B])N(C(=O)Oc1c(N2CCNC2=O)cc(C(F)(F)F)cc1C(F)(F)F)c1ccc(F)c(Cl)c1F. The van der Waals surface area contributed by atoms with E-state index in [1.54, 1.807) is 0 Å². The number of urea groups is 1. The molecule has 41 heavy (non-hydrogen) atoms. The Hall–Kier alpha value is -3.10. The van der Waals surface area contributed by atoms with Gasteiger partial charge in [0.15, 0.2) is 11.6 Å². The van der Waals surface area contributed by atoms with Crippen LogP contribution in [-0.2, 0) is 12.4 Å². The van der Waals surface area contributed by atoms with Crippen molar-refractivity contribution >= 4 is 58.6 Å². The Morgan fingerprint density at radius 1 is 1.00 bits per heavy atom. The van der Waals surface area contributed by atoms with E-state index in [0.29, 0.717) is 17.0 Å². The lowest BCUT2D eigenvalue weighted by Crippen LogP contribution is -2.55. The third-order valence-electron chi connectivity index (χ3n) is 4.86. The van der Waals surface area contributed by atoms with Crippen molar-refractivity contribution in [3.63, 3.8) is 0 Å². The van der Waals surface area contributed by atoms with E-state index in [1.165, 1.54) is 0 Å². The number of rotatable bonds is 4. The van der Waals surface area contributed by atoms with Crippen molar-refractivity contribution in [2.75, 3.05) is 22.9 Å². The Bertz CT molecular complexity index is 1260. The summed E-state index contributed by atoms with van der Waals surface area (Å²) in [5.74, 6) is -4.56. The van der Waals surface area contributed by atoms with Crippen LogP contribution in [0.3, 0.4) is 0 Å². The van der Waals surface area contributed by atoms with E-state index in [0.717, 1.165) is 0 Å². The topological polar surface area (TPSA) is 61.9 Å². The molecule has 2 aromatic carbocycles. The van der Waals surface area contributed by atoms with Crippen molar-refractivity contribution in [2.24, 2.45) is 0 Å². The molecule has 0 aliphatic carbocycles. The van der Waals surface area contributed by atoms with Crippen LogP contribution in [0.5, 0.6) is 5.75 Å². The van der Waals surface area contributed by atoms with Gasteiger partial charge in [-0.2, -0.15) is 26.3 Å². The highest BCUT2D eigenvalue weighted by Crippen LogP contribution is 2.47. The second kappa shape index (κ2) is 13.7. The summed E-state index contributed by atoms with van der Waals surface area (Å²) in [5.41, 5.74) is -6.11. The third-order valence-corrected chi connectivity index (χ3v) is 5.21. The second-order valence-electron chi connectivity index (χ2n) is 7.54. The highest BCUT2D eigenvalue weighted by atomic mass is 35.5. The third kappa shape index (κ3) is 8.23. The van der Waals surface area contributed by atoms with Crippen LogP contribution in [0.2, 0.25) is 5.02 Å². The van der Waals surface area contributed by atoms with Gasteiger partial charge in [0.25, 0.3) is 0 Å². The van der Waals surface area contributed by atoms with Gasteiger partial charge in [-0.1, -0.05) is 44.5 Å². The molecule has 0 aromatic heterocycles. The van der Waals surface area contributed by atoms with Crippen molar-refractivity contribution in [3.8, 4) is 5.75 Å². The zero-order chi connectivity index (χ0) is 32.1. The number of benzene rings is 2. The molecule has 0 unspecified atom stereocenters. The average molecular weight is 607 g/mol. The maximum Gasteiger partial charge on any atom is 0.420 e. The molecule has 1 fully saturated rings. The minimum atomic E-state index is -5.57. The van der Waals surface area contributed by atoms with Gasteiger partial charge in [-0.3, -0.25) is 9.80 Å². The van der Waals surface area contributed by atoms with Gasteiger partial charge in [-0.15, -0.1) is 0 Å². The van der Waals surface area contributed by atoms with Crippen LogP contribution in [0.25, 0.3) is 0 Å². The van der Waals surface area contributed by atoms with Gasteiger partial charge in [-0.05, 0) is 24.3 Å². The molecule has 3 amide bonds. The molecule has 0 bridgehead atoms. The monoisotopic (exact) mass is 607 g/mol. The lowest BCUT2D eigenvalue weighted by molar-refractivity contribution is -0.143. The van der Waals surface area contributed by atoms with Gasteiger partial charge >= 0.3 is 24.5 Å². The number of hydrogen-bond donors (Lipinski definition) is 1. The molecule has 1 heterocycles. The Kier molecular flexibility index (Phi) is 12.0. The Morgan fingerprint density at radius 3 is 2.00 bits per heavy atom. The molecule has 1 aliphatic heterocycles. The highest BCUT2D eigenvalue weighted by Gasteiger charge is 2.44. The number of halogens is 9. The van der Waals surface area contributed by atoms with E-state index in [-0.39, 0.29) is 23.6 Å². The van der Waals surface area contributed by atoms with Gasteiger partial charge in [0.05, 0.1) is 40.5 Å². The predicted octanol–water partition coefficient (Wildman–Crippen LogP) is 6.36. The van der Waals surface area contributed by atoms with Crippen LogP contribution in [0.1, 0.15) is 38.8 Å². The summed E-state index contributed by atoms with van der Waals surface area (Å²) >= 11 is 5.46. The molecule has 3 rings (SSSR count). The lowest BCUT2D eigenvalue weighted by atomic mass is 9.48. The molecule has 1 saturated heterocycles. The zero-order valence-corrected chi connectivity index (χ0v) is 22.7. The first-order valence-electron chi connectivity index (χ1n) is 11.7. The molecular formula is C23H21B3ClF8N3O3. The average Bonchev–Trinajstić information content (AvgIpc) is 3.30. The first-order chi connectivity index (χ1) is 18.8. The van der Waals surface area contributed by atoms with Crippen LogP contribution in [-0.4, -0.2) is 54.0 Å². The molecule has 2 aromatic rings. The van der Waals surface area contributed by atoms with E-state index in [4.69, 9.17) is 39.9 Å². The quantitative estimate of drug-likeness (QED) is 0.250. The molecule has 0 spiro atoms. The van der Waals surface area contributed by atoms with E-state index in [9.17, 15) is 44.7 Å². The molecule has 6 nitrogen and oxygen atoms in total. The summed E-state index contributed by atoms with van der Waals surface area (Å²) in [6.45, 7) is 7.41. The van der Waals surface area contributed by atoms with Crippen LogP contribution in [0.15, 0.2) is 24.3 Å². The summed E-state index contributed by atoms with van der Waals surface area (Å²) in [7, 11) is 16.3. The van der Waals surface area contributed by atoms with Gasteiger partial charge < -0.3 is 10.1 Å². The van der Waals surface area contributed by atoms with Crippen LogP contribution < -0.4 is 19.9 Å². The second-order valence-corrected chi connectivity index (χ2v) is 7.91. The number of nitrogens with one attached hydrogen (secondary N) is 1. The molecule has 6 radical (unpaired) electrons. The smallest absolute Gasteiger partial charge is 0.407 e. The summed E-state index contributed by atoms with van der Waals surface area (Å²) in [4.78, 5) is 25.4. The normalized spacial score (nSPS) is 13.4. The van der Waals surface area contributed by atoms with Gasteiger partial charge in [0.1, 0.15) is 16.4 Å². The van der Waals surface area contributed by atoms with Crippen molar-refractivity contribution in [2.45, 2.75) is 45.3 Å². The number of carbonyl (C=O) groups excluding carboxylic acids is 2. The maximum absolute atomic E-state index is 14.6. The molecule has 1 aliphatic rings. The summed E-state index contributed by atoms with van der Waals surface area (Å²) in [5, 5.41) is -1.93. The van der Waals surface area contributed by atoms with E-state index >= 15 is 0 Å². The summed E-state index contributed by atoms with van der Waals surface area (Å²) in [6, 6.07) is -0.246. The van der Waals surface area contributed by atoms with Gasteiger partial charge in [-0.25, -0.2) is 18.4 Å². The number of carbonyl (C=O) groups is 2. The fourth-order valence-corrected chi connectivity index (χ4v) is 3.44. The fraction of sp³-hybridized carbons (Fsp3) is 0.391.